The molecule has 0 spiro atoms. The summed E-state index contributed by atoms with van der Waals surface area (Å²) in [6, 6.07) is 13.4. The van der Waals surface area contributed by atoms with Crippen LogP contribution in [0.25, 0.3) is 0 Å². The van der Waals surface area contributed by atoms with Crippen molar-refractivity contribution in [1.29, 1.82) is 5.26 Å². The zero-order valence-electron chi connectivity index (χ0n) is 17.3. The van der Waals surface area contributed by atoms with Crippen molar-refractivity contribution in [3.8, 4) is 6.07 Å². The molecular weight excluding hydrogens is 401 g/mol. The molecule has 5 nitrogen and oxygen atoms in total. The van der Waals surface area contributed by atoms with Crippen LogP contribution in [0.3, 0.4) is 0 Å². The van der Waals surface area contributed by atoms with Gasteiger partial charge in [-0.05, 0) is 80.1 Å². The highest BCUT2D eigenvalue weighted by Gasteiger charge is 2.24. The van der Waals surface area contributed by atoms with E-state index >= 15 is 0 Å². The first-order valence-electron chi connectivity index (χ1n) is 10.4. The number of piperidine rings is 1. The number of halogens is 1. The van der Waals surface area contributed by atoms with Crippen molar-refractivity contribution in [1.82, 2.24) is 5.32 Å². The maximum Gasteiger partial charge on any atom is 0.235 e. The molecule has 0 amide bonds. The molecule has 0 aromatic heterocycles. The predicted octanol–water partition coefficient (Wildman–Crippen LogP) is 3.99. The van der Waals surface area contributed by atoms with Crippen LogP contribution >= 0.6 is 0 Å². The van der Waals surface area contributed by atoms with Crippen molar-refractivity contribution in [2.24, 2.45) is 5.92 Å². The van der Waals surface area contributed by atoms with Crippen molar-refractivity contribution < 1.29 is 12.8 Å². The summed E-state index contributed by atoms with van der Waals surface area (Å²) in [5.41, 5.74) is 2.64. The Kier molecular flexibility index (Phi) is 7.46. The second-order valence-electron chi connectivity index (χ2n) is 7.80. The van der Waals surface area contributed by atoms with Gasteiger partial charge in [0, 0.05) is 0 Å². The van der Waals surface area contributed by atoms with E-state index in [0.29, 0.717) is 29.2 Å². The van der Waals surface area contributed by atoms with Crippen molar-refractivity contribution in [3.63, 3.8) is 0 Å². The van der Waals surface area contributed by atoms with Crippen LogP contribution in [0, 0.1) is 23.1 Å². The quantitative estimate of drug-likeness (QED) is 0.689. The zero-order chi connectivity index (χ0) is 21.6. The monoisotopic (exact) mass is 429 g/mol. The van der Waals surface area contributed by atoms with E-state index in [0.717, 1.165) is 37.9 Å². The van der Waals surface area contributed by atoms with Gasteiger partial charge in [-0.3, -0.25) is 4.31 Å². The molecule has 7 heteroatoms. The van der Waals surface area contributed by atoms with Crippen LogP contribution in [0.1, 0.15) is 42.9 Å². The van der Waals surface area contributed by atoms with Gasteiger partial charge in [0.25, 0.3) is 0 Å². The van der Waals surface area contributed by atoms with Crippen molar-refractivity contribution in [2.45, 2.75) is 39.2 Å². The first-order chi connectivity index (χ1) is 14.4. The number of anilines is 1. The lowest BCUT2D eigenvalue weighted by molar-refractivity contribution is 0.372. The highest BCUT2D eigenvalue weighted by Crippen LogP contribution is 2.27. The third-order valence-corrected chi connectivity index (χ3v) is 7.44. The summed E-state index contributed by atoms with van der Waals surface area (Å²) < 4.78 is 40.5. The van der Waals surface area contributed by atoms with Crippen LogP contribution in [0.5, 0.6) is 0 Å². The number of benzene rings is 2. The maximum atomic E-state index is 13.3. The molecule has 0 atom stereocenters. The van der Waals surface area contributed by atoms with Gasteiger partial charge in [-0.25, -0.2) is 12.8 Å². The summed E-state index contributed by atoms with van der Waals surface area (Å²) >= 11 is 0. The van der Waals surface area contributed by atoms with Crippen LogP contribution in [-0.2, 0) is 23.0 Å². The van der Waals surface area contributed by atoms with Crippen LogP contribution in [0.4, 0.5) is 10.1 Å². The second kappa shape index (κ2) is 10.1. The van der Waals surface area contributed by atoms with Crippen LogP contribution in [-0.4, -0.2) is 27.3 Å². The van der Waals surface area contributed by atoms with E-state index < -0.39 is 10.0 Å². The van der Waals surface area contributed by atoms with Gasteiger partial charge in [-0.15, -0.1) is 0 Å². The third kappa shape index (κ3) is 5.59. The fraction of sp³-hybridized carbons (Fsp3) is 0.435. The lowest BCUT2D eigenvalue weighted by atomic mass is 9.89. The Balaban J connectivity index is 1.91. The first kappa shape index (κ1) is 22.3. The second-order valence-corrected chi connectivity index (χ2v) is 9.81. The molecule has 0 aliphatic carbocycles. The summed E-state index contributed by atoms with van der Waals surface area (Å²) in [5, 5.41) is 13.1. The number of nitrogens with zero attached hydrogens (tertiary/aromatic N) is 2. The SMILES string of the molecule is CCCS(=O)(=O)N(Cc1ccc(F)cc1)c1ccc(CC2CCNCC2)c(C#N)c1. The minimum atomic E-state index is -3.58. The molecule has 2 aromatic carbocycles. The highest BCUT2D eigenvalue weighted by atomic mass is 32.2. The Morgan fingerprint density at radius 3 is 2.50 bits per heavy atom. The molecular formula is C23H28FN3O2S. The average Bonchev–Trinajstić information content (AvgIpc) is 2.74. The number of rotatable bonds is 8. The molecule has 2 aromatic rings. The van der Waals surface area contributed by atoms with Crippen molar-refractivity contribution in [3.05, 3.63) is 65.0 Å². The molecule has 3 rings (SSSR count). The number of hydrogen-bond donors (Lipinski definition) is 1. The lowest BCUT2D eigenvalue weighted by Gasteiger charge is -2.26. The van der Waals surface area contributed by atoms with E-state index in [1.807, 2.05) is 13.0 Å². The average molecular weight is 430 g/mol. The Labute approximate surface area is 178 Å². The smallest absolute Gasteiger partial charge is 0.235 e. The number of hydrogen-bond acceptors (Lipinski definition) is 4. The Bertz CT molecular complexity index is 994. The summed E-state index contributed by atoms with van der Waals surface area (Å²) in [6.45, 7) is 3.90. The largest absolute Gasteiger partial charge is 0.317 e. The fourth-order valence-electron chi connectivity index (χ4n) is 3.87. The van der Waals surface area contributed by atoms with Crippen LogP contribution < -0.4 is 9.62 Å². The van der Waals surface area contributed by atoms with Gasteiger partial charge in [-0.1, -0.05) is 25.1 Å². The Morgan fingerprint density at radius 2 is 1.87 bits per heavy atom. The minimum absolute atomic E-state index is 0.00685. The normalized spacial score (nSPS) is 15.0. The zero-order valence-corrected chi connectivity index (χ0v) is 18.1. The molecule has 0 bridgehead atoms. The molecule has 0 radical (unpaired) electrons. The Morgan fingerprint density at radius 1 is 1.17 bits per heavy atom. The summed E-state index contributed by atoms with van der Waals surface area (Å²) in [5.74, 6) is 0.173. The van der Waals surface area contributed by atoms with Crippen molar-refractivity contribution in [2.75, 3.05) is 23.1 Å². The molecule has 1 saturated heterocycles. The fourth-order valence-corrected chi connectivity index (χ4v) is 5.39. The molecule has 160 valence electrons. The molecule has 0 saturated carbocycles. The van der Waals surface area contributed by atoms with E-state index in [1.54, 1.807) is 24.3 Å². The molecule has 30 heavy (non-hydrogen) atoms. The van der Waals surface area contributed by atoms with Gasteiger partial charge in [-0.2, -0.15) is 5.26 Å². The van der Waals surface area contributed by atoms with E-state index in [1.165, 1.54) is 16.4 Å². The molecule has 1 fully saturated rings. The van der Waals surface area contributed by atoms with Gasteiger partial charge in [0.05, 0.1) is 29.6 Å². The molecule has 1 heterocycles. The highest BCUT2D eigenvalue weighted by molar-refractivity contribution is 7.92. The third-order valence-electron chi connectivity index (χ3n) is 5.51. The first-order valence-corrected chi connectivity index (χ1v) is 12.0. The van der Waals surface area contributed by atoms with Crippen molar-refractivity contribution >= 4 is 15.7 Å². The van der Waals surface area contributed by atoms with E-state index in [9.17, 15) is 18.1 Å². The van der Waals surface area contributed by atoms with E-state index in [2.05, 4.69) is 11.4 Å². The standard InChI is InChI=1S/C23H28FN3O2S/c1-2-13-30(28,29)27(17-19-3-6-22(24)7-4-19)23-8-5-20(21(15-23)16-25)14-18-9-11-26-12-10-18/h3-8,15,18,26H,2,9-14,17H2,1H3. The summed E-state index contributed by atoms with van der Waals surface area (Å²) in [7, 11) is -3.58. The Hall–Kier alpha value is -2.43. The molecule has 1 aliphatic heterocycles. The van der Waals surface area contributed by atoms with Gasteiger partial charge in [0.1, 0.15) is 5.82 Å². The number of sulfonamides is 1. The molecule has 0 unspecified atom stereocenters. The maximum absolute atomic E-state index is 13.3. The molecule has 1 aliphatic rings. The van der Waals surface area contributed by atoms with Crippen LogP contribution in [0.2, 0.25) is 0 Å². The summed E-state index contributed by atoms with van der Waals surface area (Å²) in [6.07, 6.45) is 3.47. The predicted molar refractivity (Wildman–Crippen MR) is 117 cm³/mol. The van der Waals surface area contributed by atoms with E-state index in [-0.39, 0.29) is 18.1 Å². The van der Waals surface area contributed by atoms with Crippen LogP contribution in [0.15, 0.2) is 42.5 Å². The topological polar surface area (TPSA) is 73.2 Å². The lowest BCUT2D eigenvalue weighted by Crippen LogP contribution is -2.32. The molecule has 1 N–H and O–H groups in total. The van der Waals surface area contributed by atoms with Gasteiger partial charge in [0.15, 0.2) is 0 Å². The van der Waals surface area contributed by atoms with Gasteiger partial charge < -0.3 is 5.32 Å². The minimum Gasteiger partial charge on any atom is -0.317 e. The summed E-state index contributed by atoms with van der Waals surface area (Å²) in [4.78, 5) is 0. The van der Waals surface area contributed by atoms with Gasteiger partial charge >= 0.3 is 0 Å². The number of nitrogens with one attached hydrogen (secondary N) is 1. The number of nitriles is 1. The van der Waals surface area contributed by atoms with E-state index in [4.69, 9.17) is 0 Å². The van der Waals surface area contributed by atoms with Gasteiger partial charge in [0.2, 0.25) is 10.0 Å².